The SMILES string of the molecule is O=C(NC1CC1)c1ccc(-c2cnc3c(NCc4ccc(F)cc4)nc(-c4ccncc4)cn23)cc1. The molecular formula is C28H23FN6O. The summed E-state index contributed by atoms with van der Waals surface area (Å²) in [6.45, 7) is 0.468. The number of pyridine rings is 1. The lowest BCUT2D eigenvalue weighted by Crippen LogP contribution is -2.25. The Morgan fingerprint density at radius 3 is 2.44 bits per heavy atom. The zero-order chi connectivity index (χ0) is 24.5. The summed E-state index contributed by atoms with van der Waals surface area (Å²) >= 11 is 0. The smallest absolute Gasteiger partial charge is 0.251 e. The van der Waals surface area contributed by atoms with Gasteiger partial charge >= 0.3 is 0 Å². The van der Waals surface area contributed by atoms with Gasteiger partial charge in [0.1, 0.15) is 5.82 Å². The number of nitrogens with one attached hydrogen (secondary N) is 2. The third kappa shape index (κ3) is 4.53. The van der Waals surface area contributed by atoms with Crippen molar-refractivity contribution in [3.8, 4) is 22.5 Å². The predicted octanol–water partition coefficient (Wildman–Crippen LogP) is 5.10. The Morgan fingerprint density at radius 1 is 0.972 bits per heavy atom. The molecule has 7 nitrogen and oxygen atoms in total. The fraction of sp³-hybridized carbons (Fsp3) is 0.143. The molecule has 2 aromatic carbocycles. The van der Waals surface area contributed by atoms with Crippen molar-refractivity contribution in [1.82, 2.24) is 24.7 Å². The number of anilines is 1. The highest BCUT2D eigenvalue weighted by Gasteiger charge is 2.23. The zero-order valence-electron chi connectivity index (χ0n) is 19.4. The number of halogens is 1. The first kappa shape index (κ1) is 21.9. The van der Waals surface area contributed by atoms with Gasteiger partial charge in [-0.05, 0) is 54.8 Å². The second-order valence-corrected chi connectivity index (χ2v) is 8.85. The van der Waals surface area contributed by atoms with Crippen molar-refractivity contribution in [2.45, 2.75) is 25.4 Å². The molecule has 3 heterocycles. The fourth-order valence-electron chi connectivity index (χ4n) is 4.06. The van der Waals surface area contributed by atoms with Crippen molar-refractivity contribution >= 4 is 17.4 Å². The monoisotopic (exact) mass is 478 g/mol. The molecule has 0 bridgehead atoms. The highest BCUT2D eigenvalue weighted by molar-refractivity contribution is 5.95. The lowest BCUT2D eigenvalue weighted by Gasteiger charge is -2.12. The minimum Gasteiger partial charge on any atom is -0.363 e. The number of nitrogens with zero attached hydrogens (tertiary/aromatic N) is 4. The first-order valence-electron chi connectivity index (χ1n) is 11.8. The predicted molar refractivity (Wildman–Crippen MR) is 136 cm³/mol. The number of benzene rings is 2. The van der Waals surface area contributed by atoms with Crippen molar-refractivity contribution in [1.29, 1.82) is 0 Å². The van der Waals surface area contributed by atoms with Crippen molar-refractivity contribution in [2.24, 2.45) is 0 Å². The van der Waals surface area contributed by atoms with Crippen LogP contribution in [0, 0.1) is 5.82 Å². The summed E-state index contributed by atoms with van der Waals surface area (Å²) in [5.74, 6) is 0.298. The molecule has 0 spiro atoms. The van der Waals surface area contributed by atoms with E-state index in [1.165, 1.54) is 12.1 Å². The molecule has 1 aliphatic rings. The highest BCUT2D eigenvalue weighted by Crippen LogP contribution is 2.28. The zero-order valence-corrected chi connectivity index (χ0v) is 19.4. The van der Waals surface area contributed by atoms with Gasteiger partial charge in [-0.3, -0.25) is 14.2 Å². The van der Waals surface area contributed by atoms with Crippen LogP contribution in [0.2, 0.25) is 0 Å². The Kier molecular flexibility index (Phi) is 5.61. The number of imidazole rings is 1. The van der Waals surface area contributed by atoms with E-state index in [1.807, 2.05) is 47.0 Å². The summed E-state index contributed by atoms with van der Waals surface area (Å²) in [7, 11) is 0. The minimum absolute atomic E-state index is 0.0429. The third-order valence-corrected chi connectivity index (χ3v) is 6.20. The average molecular weight is 479 g/mol. The number of rotatable bonds is 7. The number of fused-ring (bicyclic) bond motifs is 1. The average Bonchev–Trinajstić information content (AvgIpc) is 3.63. The van der Waals surface area contributed by atoms with Gasteiger partial charge in [-0.15, -0.1) is 0 Å². The Balaban J connectivity index is 1.37. The number of carbonyl (C=O) groups is 1. The molecule has 5 aromatic rings. The van der Waals surface area contributed by atoms with Gasteiger partial charge in [0.05, 0.1) is 17.6 Å². The quantitative estimate of drug-likeness (QED) is 0.340. The summed E-state index contributed by atoms with van der Waals surface area (Å²) in [4.78, 5) is 26.0. The van der Waals surface area contributed by atoms with E-state index >= 15 is 0 Å². The highest BCUT2D eigenvalue weighted by atomic mass is 19.1. The number of hydrogen-bond donors (Lipinski definition) is 2. The lowest BCUT2D eigenvalue weighted by atomic mass is 10.1. The van der Waals surface area contributed by atoms with Crippen LogP contribution < -0.4 is 10.6 Å². The molecule has 0 atom stereocenters. The van der Waals surface area contributed by atoms with Gasteiger partial charge in [0.25, 0.3) is 5.91 Å². The van der Waals surface area contributed by atoms with Gasteiger partial charge in [-0.1, -0.05) is 24.3 Å². The van der Waals surface area contributed by atoms with Gasteiger partial charge in [0, 0.05) is 47.9 Å². The van der Waals surface area contributed by atoms with Crippen LogP contribution >= 0.6 is 0 Å². The molecule has 0 radical (unpaired) electrons. The summed E-state index contributed by atoms with van der Waals surface area (Å²) in [6, 6.07) is 18.0. The number of aromatic nitrogens is 4. The molecule has 2 N–H and O–H groups in total. The molecule has 3 aromatic heterocycles. The van der Waals surface area contributed by atoms with Crippen LogP contribution in [0.3, 0.4) is 0 Å². The molecule has 0 aliphatic heterocycles. The first-order chi connectivity index (χ1) is 17.6. The molecule has 1 fully saturated rings. The molecule has 1 amide bonds. The Labute approximate surface area is 207 Å². The van der Waals surface area contributed by atoms with E-state index in [2.05, 4.69) is 20.6 Å². The van der Waals surface area contributed by atoms with Gasteiger partial charge < -0.3 is 10.6 Å². The molecule has 1 saturated carbocycles. The van der Waals surface area contributed by atoms with E-state index in [1.54, 1.807) is 30.7 Å². The maximum Gasteiger partial charge on any atom is 0.251 e. The summed E-state index contributed by atoms with van der Waals surface area (Å²) in [6.07, 6.45) is 9.31. The Morgan fingerprint density at radius 2 is 1.72 bits per heavy atom. The van der Waals surface area contributed by atoms with E-state index in [0.29, 0.717) is 29.6 Å². The molecule has 178 valence electrons. The standard InChI is InChI=1S/C28H23FN6O/c29-22-7-1-18(2-8-22)15-31-26-27-32-16-25(35(27)17-24(34-26)19-11-13-30-14-12-19)20-3-5-21(6-4-20)28(36)33-23-9-10-23/h1-8,11-14,16-17,23H,9-10,15H2,(H,31,34)(H,33,36). The van der Waals surface area contributed by atoms with Crippen LogP contribution in [0.5, 0.6) is 0 Å². The van der Waals surface area contributed by atoms with Crippen LogP contribution in [0.1, 0.15) is 28.8 Å². The third-order valence-electron chi connectivity index (χ3n) is 6.20. The van der Waals surface area contributed by atoms with Crippen molar-refractivity contribution in [3.63, 3.8) is 0 Å². The molecular weight excluding hydrogens is 455 g/mol. The van der Waals surface area contributed by atoms with E-state index in [0.717, 1.165) is 40.9 Å². The number of carbonyl (C=O) groups excluding carboxylic acids is 1. The van der Waals surface area contributed by atoms with Crippen LogP contribution in [0.15, 0.2) is 85.5 Å². The maximum absolute atomic E-state index is 13.3. The molecule has 6 rings (SSSR count). The van der Waals surface area contributed by atoms with Crippen molar-refractivity contribution < 1.29 is 9.18 Å². The van der Waals surface area contributed by atoms with Crippen molar-refractivity contribution in [3.05, 3.63) is 102 Å². The molecule has 0 saturated heterocycles. The number of hydrogen-bond acceptors (Lipinski definition) is 5. The summed E-state index contributed by atoms with van der Waals surface area (Å²) in [5.41, 5.74) is 5.72. The summed E-state index contributed by atoms with van der Waals surface area (Å²) < 4.78 is 15.3. The molecule has 8 heteroatoms. The van der Waals surface area contributed by atoms with Gasteiger partial charge in [0.2, 0.25) is 0 Å². The molecule has 1 aliphatic carbocycles. The van der Waals surface area contributed by atoms with Crippen LogP contribution in [0.4, 0.5) is 10.2 Å². The number of amides is 1. The lowest BCUT2D eigenvalue weighted by molar-refractivity contribution is 0.0951. The second kappa shape index (κ2) is 9.22. The van der Waals surface area contributed by atoms with Gasteiger partial charge in [-0.25, -0.2) is 14.4 Å². The van der Waals surface area contributed by atoms with Crippen LogP contribution in [-0.2, 0) is 6.54 Å². The van der Waals surface area contributed by atoms with E-state index in [4.69, 9.17) is 4.98 Å². The Hall–Kier alpha value is -4.59. The van der Waals surface area contributed by atoms with Crippen molar-refractivity contribution in [2.75, 3.05) is 5.32 Å². The largest absolute Gasteiger partial charge is 0.363 e. The van der Waals surface area contributed by atoms with Gasteiger partial charge in [0.15, 0.2) is 11.5 Å². The minimum atomic E-state index is -0.270. The topological polar surface area (TPSA) is 84.2 Å². The summed E-state index contributed by atoms with van der Waals surface area (Å²) in [5, 5.41) is 6.38. The van der Waals surface area contributed by atoms with E-state index in [9.17, 15) is 9.18 Å². The Bertz CT molecular complexity index is 1530. The normalized spacial score (nSPS) is 13.0. The maximum atomic E-state index is 13.3. The van der Waals surface area contributed by atoms with E-state index in [-0.39, 0.29) is 11.7 Å². The molecule has 0 unspecified atom stereocenters. The van der Waals surface area contributed by atoms with Gasteiger partial charge in [-0.2, -0.15) is 0 Å². The first-order valence-corrected chi connectivity index (χ1v) is 11.8. The van der Waals surface area contributed by atoms with Crippen LogP contribution in [-0.4, -0.2) is 31.3 Å². The molecule has 36 heavy (non-hydrogen) atoms. The second-order valence-electron chi connectivity index (χ2n) is 8.85. The fourth-order valence-corrected chi connectivity index (χ4v) is 4.06. The van der Waals surface area contributed by atoms with E-state index < -0.39 is 0 Å². The van der Waals surface area contributed by atoms with Crippen LogP contribution in [0.25, 0.3) is 28.2 Å².